The van der Waals surface area contributed by atoms with E-state index >= 15 is 0 Å². The zero-order valence-corrected chi connectivity index (χ0v) is 8.31. The number of rotatable bonds is 3. The summed E-state index contributed by atoms with van der Waals surface area (Å²) in [4.78, 5) is 12.9. The Labute approximate surface area is 87.2 Å². The van der Waals surface area contributed by atoms with Gasteiger partial charge in [0.1, 0.15) is 11.3 Å². The van der Waals surface area contributed by atoms with Gasteiger partial charge in [-0.05, 0) is 6.07 Å². The van der Waals surface area contributed by atoms with Gasteiger partial charge in [0, 0.05) is 13.1 Å². The lowest BCUT2D eigenvalue weighted by molar-refractivity contribution is 0.0310. The Morgan fingerprint density at radius 3 is 2.87 bits per heavy atom. The lowest BCUT2D eigenvalue weighted by Gasteiger charge is -2.25. The number of carboxylic acid groups (broad SMARTS) is 1. The van der Waals surface area contributed by atoms with Crippen LogP contribution in [-0.2, 0) is 11.3 Å². The minimum Gasteiger partial charge on any atom is -0.478 e. The molecule has 0 aliphatic carbocycles. The predicted octanol–water partition coefficient (Wildman–Crippen LogP) is 0.810. The minimum atomic E-state index is -0.938. The van der Waals surface area contributed by atoms with Crippen molar-refractivity contribution in [1.82, 2.24) is 4.90 Å². The molecule has 2 heterocycles. The Morgan fingerprint density at radius 1 is 1.47 bits per heavy atom. The number of carboxylic acids is 1. The lowest BCUT2D eigenvalue weighted by atomic mass is 10.2. The molecule has 1 fully saturated rings. The molecule has 0 unspecified atom stereocenters. The van der Waals surface area contributed by atoms with Crippen LogP contribution in [0.1, 0.15) is 16.1 Å². The maximum absolute atomic E-state index is 10.8. The summed E-state index contributed by atoms with van der Waals surface area (Å²) in [5.41, 5.74) is 0.251. The Hall–Kier alpha value is -1.33. The molecule has 1 N–H and O–H groups in total. The zero-order valence-electron chi connectivity index (χ0n) is 8.31. The van der Waals surface area contributed by atoms with Crippen LogP contribution in [0.5, 0.6) is 0 Å². The number of hydrogen-bond acceptors (Lipinski definition) is 4. The van der Waals surface area contributed by atoms with Crippen LogP contribution in [0, 0.1) is 0 Å². The number of furan rings is 1. The number of hydrogen-bond donors (Lipinski definition) is 1. The zero-order chi connectivity index (χ0) is 10.7. The van der Waals surface area contributed by atoms with Crippen LogP contribution in [0.3, 0.4) is 0 Å². The van der Waals surface area contributed by atoms with Gasteiger partial charge < -0.3 is 14.3 Å². The van der Waals surface area contributed by atoms with Crippen molar-refractivity contribution < 1.29 is 19.1 Å². The monoisotopic (exact) mass is 211 g/mol. The van der Waals surface area contributed by atoms with Crippen LogP contribution < -0.4 is 0 Å². The second-order valence-electron chi connectivity index (χ2n) is 3.45. The molecule has 2 rings (SSSR count). The van der Waals surface area contributed by atoms with E-state index in [0.717, 1.165) is 13.1 Å². The van der Waals surface area contributed by atoms with Crippen molar-refractivity contribution in [2.24, 2.45) is 0 Å². The first-order valence-electron chi connectivity index (χ1n) is 4.87. The summed E-state index contributed by atoms with van der Waals surface area (Å²) in [5, 5.41) is 8.88. The van der Waals surface area contributed by atoms with Crippen molar-refractivity contribution in [3.05, 3.63) is 23.7 Å². The third kappa shape index (κ3) is 2.37. The van der Waals surface area contributed by atoms with Crippen LogP contribution in [0.4, 0.5) is 0 Å². The maximum atomic E-state index is 10.8. The summed E-state index contributed by atoms with van der Waals surface area (Å²) in [6.07, 6.45) is 1.42. The molecule has 0 bridgehead atoms. The lowest BCUT2D eigenvalue weighted by Crippen LogP contribution is -2.35. The largest absolute Gasteiger partial charge is 0.478 e. The molecule has 1 saturated heterocycles. The van der Waals surface area contributed by atoms with Crippen molar-refractivity contribution in [1.29, 1.82) is 0 Å². The Bertz CT molecular complexity index is 341. The first-order valence-corrected chi connectivity index (χ1v) is 4.87. The Balaban J connectivity index is 2.03. The number of ether oxygens (including phenoxy) is 1. The molecule has 0 amide bonds. The van der Waals surface area contributed by atoms with Gasteiger partial charge in [0.25, 0.3) is 0 Å². The molecule has 0 atom stereocenters. The highest BCUT2D eigenvalue weighted by Crippen LogP contribution is 2.14. The molecule has 5 heteroatoms. The van der Waals surface area contributed by atoms with E-state index in [-0.39, 0.29) is 5.56 Å². The van der Waals surface area contributed by atoms with Gasteiger partial charge in [0.2, 0.25) is 0 Å². The fraction of sp³-hybridized carbons (Fsp3) is 0.500. The molecule has 0 aromatic carbocycles. The van der Waals surface area contributed by atoms with Gasteiger partial charge in [-0.15, -0.1) is 0 Å². The Morgan fingerprint density at radius 2 is 2.20 bits per heavy atom. The predicted molar refractivity (Wildman–Crippen MR) is 51.8 cm³/mol. The summed E-state index contributed by atoms with van der Waals surface area (Å²) >= 11 is 0. The van der Waals surface area contributed by atoms with E-state index in [0.29, 0.717) is 25.5 Å². The second kappa shape index (κ2) is 4.46. The molecule has 0 saturated carbocycles. The number of nitrogens with zero attached hydrogens (tertiary/aromatic N) is 1. The molecule has 1 aliphatic heterocycles. The van der Waals surface area contributed by atoms with Crippen molar-refractivity contribution in [3.8, 4) is 0 Å². The highest BCUT2D eigenvalue weighted by atomic mass is 16.5. The SMILES string of the molecule is O=C(O)c1ccoc1CN1CCOCC1. The van der Waals surface area contributed by atoms with Gasteiger partial charge in [0.15, 0.2) is 0 Å². The summed E-state index contributed by atoms with van der Waals surface area (Å²) < 4.78 is 10.4. The third-order valence-corrected chi connectivity index (χ3v) is 2.45. The van der Waals surface area contributed by atoms with Gasteiger partial charge in [-0.25, -0.2) is 4.79 Å². The van der Waals surface area contributed by atoms with Gasteiger partial charge in [-0.3, -0.25) is 4.90 Å². The van der Waals surface area contributed by atoms with Crippen LogP contribution in [0.25, 0.3) is 0 Å². The van der Waals surface area contributed by atoms with Crippen molar-refractivity contribution in [2.45, 2.75) is 6.54 Å². The van der Waals surface area contributed by atoms with Crippen LogP contribution in [-0.4, -0.2) is 42.3 Å². The minimum absolute atomic E-state index is 0.251. The van der Waals surface area contributed by atoms with E-state index in [1.54, 1.807) is 0 Å². The van der Waals surface area contributed by atoms with Gasteiger partial charge in [-0.2, -0.15) is 0 Å². The van der Waals surface area contributed by atoms with E-state index in [1.807, 2.05) is 0 Å². The average molecular weight is 211 g/mol. The molecule has 5 nitrogen and oxygen atoms in total. The number of morpholine rings is 1. The fourth-order valence-electron chi connectivity index (χ4n) is 1.62. The van der Waals surface area contributed by atoms with Crippen molar-refractivity contribution >= 4 is 5.97 Å². The molecule has 0 radical (unpaired) electrons. The number of aromatic carboxylic acids is 1. The first-order chi connectivity index (χ1) is 7.27. The highest BCUT2D eigenvalue weighted by molar-refractivity contribution is 5.88. The van der Waals surface area contributed by atoms with E-state index in [2.05, 4.69) is 4.90 Å². The van der Waals surface area contributed by atoms with Gasteiger partial charge in [0.05, 0.1) is 26.0 Å². The summed E-state index contributed by atoms with van der Waals surface area (Å²) in [6, 6.07) is 1.48. The molecule has 1 aromatic rings. The summed E-state index contributed by atoms with van der Waals surface area (Å²) in [7, 11) is 0. The van der Waals surface area contributed by atoms with Crippen molar-refractivity contribution in [2.75, 3.05) is 26.3 Å². The Kier molecular flexibility index (Phi) is 3.03. The second-order valence-corrected chi connectivity index (χ2v) is 3.45. The third-order valence-electron chi connectivity index (χ3n) is 2.45. The molecule has 82 valence electrons. The number of carbonyl (C=O) groups is 1. The van der Waals surface area contributed by atoms with Crippen LogP contribution in [0.2, 0.25) is 0 Å². The normalized spacial score (nSPS) is 17.9. The van der Waals surface area contributed by atoms with Gasteiger partial charge in [-0.1, -0.05) is 0 Å². The molecular weight excluding hydrogens is 198 g/mol. The maximum Gasteiger partial charge on any atom is 0.339 e. The fourth-order valence-corrected chi connectivity index (χ4v) is 1.62. The van der Waals surface area contributed by atoms with E-state index in [1.165, 1.54) is 12.3 Å². The van der Waals surface area contributed by atoms with Crippen LogP contribution in [0.15, 0.2) is 16.7 Å². The molecule has 15 heavy (non-hydrogen) atoms. The average Bonchev–Trinajstić information content (AvgIpc) is 2.67. The quantitative estimate of drug-likeness (QED) is 0.801. The standard InChI is InChI=1S/C10H13NO4/c12-10(13)8-1-4-15-9(8)7-11-2-5-14-6-3-11/h1,4H,2-3,5-7H2,(H,12,13). The first kappa shape index (κ1) is 10.2. The smallest absolute Gasteiger partial charge is 0.339 e. The molecule has 0 spiro atoms. The van der Waals surface area contributed by atoms with Crippen LogP contribution >= 0.6 is 0 Å². The summed E-state index contributed by atoms with van der Waals surface area (Å²) in [6.45, 7) is 3.57. The van der Waals surface area contributed by atoms with E-state index < -0.39 is 5.97 Å². The molecule has 1 aromatic heterocycles. The highest BCUT2D eigenvalue weighted by Gasteiger charge is 2.18. The van der Waals surface area contributed by atoms with Crippen molar-refractivity contribution in [3.63, 3.8) is 0 Å². The molecule has 1 aliphatic rings. The van der Waals surface area contributed by atoms with E-state index in [4.69, 9.17) is 14.3 Å². The molecular formula is C10H13NO4. The topological polar surface area (TPSA) is 62.9 Å². The van der Waals surface area contributed by atoms with E-state index in [9.17, 15) is 4.79 Å². The summed E-state index contributed by atoms with van der Waals surface area (Å²) in [5.74, 6) is -0.420. The van der Waals surface area contributed by atoms with Gasteiger partial charge >= 0.3 is 5.97 Å².